The van der Waals surface area contributed by atoms with Crippen molar-refractivity contribution in [1.29, 1.82) is 0 Å². The van der Waals surface area contributed by atoms with Gasteiger partial charge in [-0.05, 0) is 32.6 Å². The molecule has 0 aromatic rings. The second kappa shape index (κ2) is 6.42. The van der Waals surface area contributed by atoms with Crippen molar-refractivity contribution in [2.24, 2.45) is 5.92 Å². The number of aliphatic carboxylic acids is 1. The molecule has 5 nitrogen and oxygen atoms in total. The Balaban J connectivity index is 2.64. The van der Waals surface area contributed by atoms with Crippen molar-refractivity contribution in [2.45, 2.75) is 39.7 Å². The van der Waals surface area contributed by atoms with Crippen molar-refractivity contribution in [3.63, 3.8) is 0 Å². The number of nitrogens with one attached hydrogen (secondary N) is 1. The van der Waals surface area contributed by atoms with Crippen molar-refractivity contribution >= 4 is 12.0 Å². The number of carbonyl (C=O) groups excluding carboxylic acids is 1. The highest BCUT2D eigenvalue weighted by Crippen LogP contribution is 2.23. The van der Waals surface area contributed by atoms with E-state index in [1.165, 1.54) is 4.90 Å². The zero-order valence-corrected chi connectivity index (χ0v) is 11.3. The molecule has 0 saturated carbocycles. The zero-order valence-electron chi connectivity index (χ0n) is 11.3. The Bertz CT molecular complexity index is 348. The topological polar surface area (TPSA) is 69.6 Å². The molecule has 5 heteroatoms. The maximum Gasteiger partial charge on any atom is 0.326 e. The van der Waals surface area contributed by atoms with E-state index in [0.29, 0.717) is 13.1 Å². The number of hydrogen-bond donors (Lipinski definition) is 2. The standard InChI is InChI=1S/C13H22N2O3/c1-9(2)6-7-14-13(18)15-8-4-5-10(3)11(15)12(16)17/h6,10-11H,4-5,7-8H2,1-3H3,(H,14,18)(H,16,17). The fraction of sp³-hybridized carbons (Fsp3) is 0.692. The lowest BCUT2D eigenvalue weighted by Gasteiger charge is -2.37. The molecule has 0 spiro atoms. The Morgan fingerprint density at radius 1 is 1.44 bits per heavy atom. The highest BCUT2D eigenvalue weighted by Gasteiger charge is 2.36. The van der Waals surface area contributed by atoms with Gasteiger partial charge in [-0.2, -0.15) is 0 Å². The summed E-state index contributed by atoms with van der Waals surface area (Å²) in [4.78, 5) is 24.6. The van der Waals surface area contributed by atoms with Crippen LogP contribution < -0.4 is 5.32 Å². The van der Waals surface area contributed by atoms with Crippen LogP contribution in [0.1, 0.15) is 33.6 Å². The van der Waals surface area contributed by atoms with Gasteiger partial charge in [-0.15, -0.1) is 0 Å². The molecule has 0 aliphatic carbocycles. The van der Waals surface area contributed by atoms with Crippen molar-refractivity contribution in [3.8, 4) is 0 Å². The molecule has 2 amide bonds. The Kier molecular flexibility index (Phi) is 5.19. The Hall–Kier alpha value is -1.52. The van der Waals surface area contributed by atoms with Crippen LogP contribution in [0.15, 0.2) is 11.6 Å². The predicted octanol–water partition coefficient (Wildman–Crippen LogP) is 1.85. The lowest BCUT2D eigenvalue weighted by atomic mass is 9.91. The summed E-state index contributed by atoms with van der Waals surface area (Å²) in [6.07, 6.45) is 3.62. The molecule has 102 valence electrons. The summed E-state index contributed by atoms with van der Waals surface area (Å²) in [7, 11) is 0. The number of hydrogen-bond acceptors (Lipinski definition) is 2. The smallest absolute Gasteiger partial charge is 0.326 e. The van der Waals surface area contributed by atoms with Crippen LogP contribution in [0.2, 0.25) is 0 Å². The molecule has 1 rings (SSSR count). The number of piperidine rings is 1. The second-order valence-electron chi connectivity index (χ2n) is 5.06. The van der Waals surface area contributed by atoms with Gasteiger partial charge in [0.25, 0.3) is 0 Å². The molecule has 0 radical (unpaired) electrons. The number of likely N-dealkylation sites (tertiary alicyclic amines) is 1. The average molecular weight is 254 g/mol. The minimum Gasteiger partial charge on any atom is -0.480 e. The maximum absolute atomic E-state index is 12.0. The van der Waals surface area contributed by atoms with Crippen LogP contribution in [0.5, 0.6) is 0 Å². The molecule has 1 heterocycles. The van der Waals surface area contributed by atoms with E-state index in [0.717, 1.165) is 18.4 Å². The second-order valence-corrected chi connectivity index (χ2v) is 5.06. The number of amides is 2. The normalized spacial score (nSPS) is 23.4. The van der Waals surface area contributed by atoms with Crippen LogP contribution in [0, 0.1) is 5.92 Å². The third kappa shape index (κ3) is 3.75. The van der Waals surface area contributed by atoms with Crippen LogP contribution in [0.25, 0.3) is 0 Å². The van der Waals surface area contributed by atoms with Crippen LogP contribution >= 0.6 is 0 Å². The first-order chi connectivity index (χ1) is 8.43. The molecule has 1 saturated heterocycles. The van der Waals surface area contributed by atoms with E-state index in [9.17, 15) is 14.7 Å². The van der Waals surface area contributed by atoms with Gasteiger partial charge in [0.15, 0.2) is 0 Å². The van der Waals surface area contributed by atoms with Crippen molar-refractivity contribution < 1.29 is 14.7 Å². The van der Waals surface area contributed by atoms with Crippen molar-refractivity contribution in [1.82, 2.24) is 10.2 Å². The molecule has 2 N–H and O–H groups in total. The SMILES string of the molecule is CC(C)=CCNC(=O)N1CCCC(C)C1C(=O)O. The molecule has 1 fully saturated rings. The Labute approximate surface area is 108 Å². The van der Waals surface area contributed by atoms with Crippen LogP contribution in [-0.4, -0.2) is 41.1 Å². The van der Waals surface area contributed by atoms with Gasteiger partial charge < -0.3 is 15.3 Å². The van der Waals surface area contributed by atoms with Gasteiger partial charge in [-0.25, -0.2) is 9.59 Å². The van der Waals surface area contributed by atoms with Crippen LogP contribution in [-0.2, 0) is 4.79 Å². The number of carboxylic acids is 1. The van der Waals surface area contributed by atoms with Gasteiger partial charge in [-0.1, -0.05) is 18.6 Å². The first-order valence-corrected chi connectivity index (χ1v) is 6.34. The van der Waals surface area contributed by atoms with Gasteiger partial charge in [-0.3, -0.25) is 0 Å². The van der Waals surface area contributed by atoms with E-state index in [4.69, 9.17) is 0 Å². The van der Waals surface area contributed by atoms with Gasteiger partial charge in [0.1, 0.15) is 6.04 Å². The van der Waals surface area contributed by atoms with Crippen molar-refractivity contribution in [2.75, 3.05) is 13.1 Å². The van der Waals surface area contributed by atoms with E-state index >= 15 is 0 Å². The lowest BCUT2D eigenvalue weighted by Crippen LogP contribution is -2.55. The number of carboxylic acid groups (broad SMARTS) is 1. The minimum atomic E-state index is -0.917. The highest BCUT2D eigenvalue weighted by molar-refractivity contribution is 5.83. The van der Waals surface area contributed by atoms with E-state index < -0.39 is 12.0 Å². The van der Waals surface area contributed by atoms with Crippen LogP contribution in [0.3, 0.4) is 0 Å². The molecule has 2 unspecified atom stereocenters. The summed E-state index contributed by atoms with van der Waals surface area (Å²) in [6, 6.07) is -0.989. The molecule has 0 aromatic carbocycles. The molecule has 2 atom stereocenters. The third-order valence-electron chi connectivity index (χ3n) is 3.21. The van der Waals surface area contributed by atoms with Crippen molar-refractivity contribution in [3.05, 3.63) is 11.6 Å². The number of allylic oxidation sites excluding steroid dienone is 1. The summed E-state index contributed by atoms with van der Waals surface area (Å²) in [5, 5.41) is 11.9. The number of rotatable bonds is 3. The quantitative estimate of drug-likeness (QED) is 0.755. The van der Waals surface area contributed by atoms with E-state index in [-0.39, 0.29) is 11.9 Å². The first-order valence-electron chi connectivity index (χ1n) is 6.34. The summed E-state index contributed by atoms with van der Waals surface area (Å²) < 4.78 is 0. The largest absolute Gasteiger partial charge is 0.480 e. The lowest BCUT2D eigenvalue weighted by molar-refractivity contribution is -0.145. The predicted molar refractivity (Wildman–Crippen MR) is 69.4 cm³/mol. The molecular weight excluding hydrogens is 232 g/mol. The average Bonchev–Trinajstić information content (AvgIpc) is 2.27. The molecule has 1 aliphatic heterocycles. The maximum atomic E-state index is 12.0. The molecule has 18 heavy (non-hydrogen) atoms. The monoisotopic (exact) mass is 254 g/mol. The molecular formula is C13H22N2O3. The van der Waals surface area contributed by atoms with Crippen LogP contribution in [0.4, 0.5) is 4.79 Å². The number of urea groups is 1. The zero-order chi connectivity index (χ0) is 13.7. The summed E-state index contributed by atoms with van der Waals surface area (Å²) >= 11 is 0. The highest BCUT2D eigenvalue weighted by atomic mass is 16.4. The van der Waals surface area contributed by atoms with E-state index in [2.05, 4.69) is 5.32 Å². The Morgan fingerprint density at radius 2 is 2.11 bits per heavy atom. The number of carbonyl (C=O) groups is 2. The van der Waals surface area contributed by atoms with Gasteiger partial charge >= 0.3 is 12.0 Å². The molecule has 1 aliphatic rings. The van der Waals surface area contributed by atoms with Gasteiger partial charge in [0.2, 0.25) is 0 Å². The fourth-order valence-corrected chi connectivity index (χ4v) is 2.24. The fourth-order valence-electron chi connectivity index (χ4n) is 2.24. The summed E-state index contributed by atoms with van der Waals surface area (Å²) in [5.41, 5.74) is 1.12. The number of nitrogens with zero attached hydrogens (tertiary/aromatic N) is 1. The van der Waals surface area contributed by atoms with E-state index in [1.54, 1.807) is 0 Å². The first kappa shape index (κ1) is 14.5. The van der Waals surface area contributed by atoms with Gasteiger partial charge in [0, 0.05) is 13.1 Å². The minimum absolute atomic E-state index is 0.00505. The Morgan fingerprint density at radius 3 is 2.67 bits per heavy atom. The van der Waals surface area contributed by atoms with Gasteiger partial charge in [0.05, 0.1) is 0 Å². The third-order valence-corrected chi connectivity index (χ3v) is 3.21. The summed E-state index contributed by atoms with van der Waals surface area (Å²) in [6.45, 7) is 6.75. The summed E-state index contributed by atoms with van der Waals surface area (Å²) in [5.74, 6) is -0.912. The molecule has 0 bridgehead atoms. The molecule has 0 aromatic heterocycles. The van der Waals surface area contributed by atoms with E-state index in [1.807, 2.05) is 26.8 Å².